The summed E-state index contributed by atoms with van der Waals surface area (Å²) < 4.78 is 65.4. The summed E-state index contributed by atoms with van der Waals surface area (Å²) in [6.45, 7) is 5.00. The third-order valence-corrected chi connectivity index (χ3v) is 7.59. The van der Waals surface area contributed by atoms with Crippen LogP contribution in [0.15, 0.2) is 30.5 Å². The second-order valence-electron chi connectivity index (χ2n) is 8.54. The Hall–Kier alpha value is -1.87. The van der Waals surface area contributed by atoms with E-state index in [1.165, 1.54) is 6.07 Å². The first-order chi connectivity index (χ1) is 13.4. The van der Waals surface area contributed by atoms with Crippen LogP contribution in [0, 0.1) is 0 Å². The number of alkyl halides is 3. The van der Waals surface area contributed by atoms with E-state index in [1.807, 2.05) is 0 Å². The molecule has 1 aromatic carbocycles. The highest BCUT2D eigenvalue weighted by Gasteiger charge is 2.34. The molecule has 1 fully saturated rings. The van der Waals surface area contributed by atoms with Crippen molar-refractivity contribution in [2.45, 2.75) is 69.3 Å². The van der Waals surface area contributed by atoms with Gasteiger partial charge < -0.3 is 4.98 Å². The van der Waals surface area contributed by atoms with Crippen molar-refractivity contribution in [2.24, 2.45) is 0 Å². The van der Waals surface area contributed by atoms with Crippen molar-refractivity contribution in [3.63, 3.8) is 0 Å². The number of nitrogens with one attached hydrogen (secondary N) is 2. The maximum atomic E-state index is 12.9. The van der Waals surface area contributed by atoms with E-state index in [9.17, 15) is 21.6 Å². The number of imidazole rings is 1. The molecule has 9 heteroatoms. The first-order valence-corrected chi connectivity index (χ1v) is 11.1. The Kier molecular flexibility index (Phi) is 5.84. The van der Waals surface area contributed by atoms with Crippen molar-refractivity contribution >= 4 is 10.0 Å². The van der Waals surface area contributed by atoms with Gasteiger partial charge in [-0.15, -0.1) is 0 Å². The Morgan fingerprint density at radius 3 is 2.34 bits per heavy atom. The molecular formula is C20H26F3N3O2S. The van der Waals surface area contributed by atoms with E-state index < -0.39 is 26.5 Å². The number of H-pyrrole nitrogens is 1. The van der Waals surface area contributed by atoms with Crippen LogP contribution in [-0.4, -0.2) is 29.2 Å². The van der Waals surface area contributed by atoms with Crippen LogP contribution >= 0.6 is 0 Å². The lowest BCUT2D eigenvalue weighted by molar-refractivity contribution is -0.137. The van der Waals surface area contributed by atoms with Crippen LogP contribution in [0.5, 0.6) is 0 Å². The fourth-order valence-electron chi connectivity index (χ4n) is 3.43. The number of nitrogens with zero attached hydrogens (tertiary/aromatic N) is 1. The van der Waals surface area contributed by atoms with Crippen LogP contribution in [0.2, 0.25) is 0 Å². The first-order valence-electron chi connectivity index (χ1n) is 9.61. The minimum Gasteiger partial charge on any atom is -0.342 e. The van der Waals surface area contributed by atoms with Crippen LogP contribution < -0.4 is 4.72 Å². The topological polar surface area (TPSA) is 74.8 Å². The molecule has 3 rings (SSSR count). The lowest BCUT2D eigenvalue weighted by Gasteiger charge is -2.30. The molecule has 1 heterocycles. The Morgan fingerprint density at radius 2 is 1.76 bits per heavy atom. The average molecular weight is 430 g/mol. The predicted octanol–water partition coefficient (Wildman–Crippen LogP) is 4.84. The molecule has 0 amide bonds. The molecule has 0 bridgehead atoms. The van der Waals surface area contributed by atoms with E-state index in [4.69, 9.17) is 0 Å². The molecule has 1 saturated carbocycles. The molecule has 1 aliphatic rings. The van der Waals surface area contributed by atoms with Gasteiger partial charge in [-0.2, -0.15) is 13.2 Å². The van der Waals surface area contributed by atoms with Crippen LogP contribution in [-0.2, 0) is 16.2 Å². The predicted molar refractivity (Wildman–Crippen MR) is 106 cm³/mol. The second kappa shape index (κ2) is 7.75. The quantitative estimate of drug-likeness (QED) is 0.730. The highest BCUT2D eigenvalue weighted by Crippen LogP contribution is 2.35. The molecule has 0 unspecified atom stereocenters. The van der Waals surface area contributed by atoms with Gasteiger partial charge in [0.25, 0.3) is 0 Å². The minimum atomic E-state index is -4.39. The number of aromatic nitrogens is 2. The van der Waals surface area contributed by atoms with Gasteiger partial charge in [0.2, 0.25) is 10.0 Å². The molecule has 5 nitrogen and oxygen atoms in total. The lowest BCUT2D eigenvalue weighted by atomic mass is 9.86. The Morgan fingerprint density at radius 1 is 1.10 bits per heavy atom. The van der Waals surface area contributed by atoms with Gasteiger partial charge in [-0.3, -0.25) is 0 Å². The third kappa shape index (κ3) is 5.01. The van der Waals surface area contributed by atoms with E-state index in [-0.39, 0.29) is 12.0 Å². The third-order valence-electron chi connectivity index (χ3n) is 5.34. The summed E-state index contributed by atoms with van der Waals surface area (Å²) in [5.41, 5.74) is 0.282. The summed E-state index contributed by atoms with van der Waals surface area (Å²) in [6.07, 6.45) is 0.0652. The number of sulfonamides is 1. The van der Waals surface area contributed by atoms with E-state index >= 15 is 0 Å². The SMILES string of the molecule is CC(C)(C)S(=O)(=O)NC1CCC(c2ncc(-c3cccc(C(F)(F)F)c3)[nH]2)CC1. The molecule has 0 radical (unpaired) electrons. The molecule has 0 saturated heterocycles. The highest BCUT2D eigenvalue weighted by atomic mass is 32.2. The van der Waals surface area contributed by atoms with Gasteiger partial charge in [-0.1, -0.05) is 12.1 Å². The number of benzene rings is 1. The maximum Gasteiger partial charge on any atom is 0.416 e. The van der Waals surface area contributed by atoms with Crippen LogP contribution in [0.4, 0.5) is 13.2 Å². The van der Waals surface area contributed by atoms with E-state index in [0.29, 0.717) is 24.1 Å². The van der Waals surface area contributed by atoms with Gasteiger partial charge in [0, 0.05) is 17.5 Å². The summed E-state index contributed by atoms with van der Waals surface area (Å²) in [5.74, 6) is 0.861. The Bertz CT molecular complexity index is 954. The summed E-state index contributed by atoms with van der Waals surface area (Å²) in [4.78, 5) is 7.52. The van der Waals surface area contributed by atoms with Crippen LogP contribution in [0.3, 0.4) is 0 Å². The van der Waals surface area contributed by atoms with Crippen LogP contribution in [0.25, 0.3) is 11.3 Å². The highest BCUT2D eigenvalue weighted by molar-refractivity contribution is 7.90. The Balaban J connectivity index is 1.66. The van der Waals surface area contributed by atoms with Gasteiger partial charge in [0.05, 0.1) is 22.2 Å². The fraction of sp³-hybridized carbons (Fsp3) is 0.550. The smallest absolute Gasteiger partial charge is 0.342 e. The molecule has 29 heavy (non-hydrogen) atoms. The van der Waals surface area contributed by atoms with Crippen LogP contribution in [0.1, 0.15) is 63.8 Å². The molecule has 2 aromatic rings. The number of hydrogen-bond donors (Lipinski definition) is 2. The molecule has 0 spiro atoms. The molecule has 0 atom stereocenters. The van der Waals surface area contributed by atoms with Crippen molar-refractivity contribution in [1.29, 1.82) is 0 Å². The average Bonchev–Trinajstić information content (AvgIpc) is 3.10. The van der Waals surface area contributed by atoms with Crippen molar-refractivity contribution in [2.75, 3.05) is 0 Å². The van der Waals surface area contributed by atoms with Crippen molar-refractivity contribution in [3.05, 3.63) is 41.9 Å². The standard InChI is InChI=1S/C20H26F3N3O2S/c1-19(2,3)29(27,28)26-16-9-7-13(8-10-16)18-24-12-17(25-18)14-5-4-6-15(11-14)20(21,22)23/h4-6,11-13,16,26H,7-10H2,1-3H3,(H,24,25). The summed E-state index contributed by atoms with van der Waals surface area (Å²) in [5, 5.41) is 0. The van der Waals surface area contributed by atoms with E-state index in [0.717, 1.165) is 30.8 Å². The zero-order valence-electron chi connectivity index (χ0n) is 16.7. The molecule has 160 valence electrons. The monoisotopic (exact) mass is 429 g/mol. The molecule has 1 aliphatic carbocycles. The van der Waals surface area contributed by atoms with Crippen molar-refractivity contribution in [1.82, 2.24) is 14.7 Å². The van der Waals surface area contributed by atoms with Gasteiger partial charge >= 0.3 is 6.18 Å². The van der Waals surface area contributed by atoms with Crippen molar-refractivity contribution < 1.29 is 21.6 Å². The van der Waals surface area contributed by atoms with E-state index in [2.05, 4.69) is 14.7 Å². The van der Waals surface area contributed by atoms with Gasteiger partial charge in [0.1, 0.15) is 5.82 Å². The lowest BCUT2D eigenvalue weighted by Crippen LogP contribution is -2.45. The number of hydrogen-bond acceptors (Lipinski definition) is 3. The number of halogens is 3. The fourth-order valence-corrected chi connectivity index (χ4v) is 4.46. The summed E-state index contributed by atoms with van der Waals surface area (Å²) in [7, 11) is -3.39. The zero-order chi connectivity index (χ0) is 21.4. The molecule has 2 N–H and O–H groups in total. The first kappa shape index (κ1) is 21.8. The van der Waals surface area contributed by atoms with Crippen molar-refractivity contribution in [3.8, 4) is 11.3 Å². The Labute approximate surface area is 169 Å². The largest absolute Gasteiger partial charge is 0.416 e. The maximum absolute atomic E-state index is 12.9. The summed E-state index contributed by atoms with van der Waals surface area (Å²) in [6, 6.07) is 5.04. The van der Waals surface area contributed by atoms with Gasteiger partial charge in [-0.05, 0) is 58.6 Å². The number of aromatic amines is 1. The minimum absolute atomic E-state index is 0.103. The molecular weight excluding hydrogens is 403 g/mol. The summed E-state index contributed by atoms with van der Waals surface area (Å²) >= 11 is 0. The molecule has 0 aliphatic heterocycles. The molecule has 1 aromatic heterocycles. The normalized spacial score (nSPS) is 21.3. The zero-order valence-corrected chi connectivity index (χ0v) is 17.5. The van der Waals surface area contributed by atoms with Gasteiger partial charge in [0.15, 0.2) is 0 Å². The van der Waals surface area contributed by atoms with Gasteiger partial charge in [-0.25, -0.2) is 18.1 Å². The van der Waals surface area contributed by atoms with E-state index in [1.54, 1.807) is 33.0 Å². The number of rotatable bonds is 4. The second-order valence-corrected chi connectivity index (χ2v) is 11.0.